The molecule has 2 amide bonds. The Hall–Kier alpha value is -2.89. The number of aromatic nitrogens is 1. The van der Waals surface area contributed by atoms with Gasteiger partial charge in [0.2, 0.25) is 5.43 Å². The molecular formula is C26H35N3O3. The van der Waals surface area contributed by atoms with Crippen LogP contribution in [0.1, 0.15) is 98.0 Å². The number of hydrogen-bond donors (Lipinski definition) is 2. The molecule has 1 fully saturated rings. The van der Waals surface area contributed by atoms with Gasteiger partial charge in [-0.2, -0.15) is 0 Å². The van der Waals surface area contributed by atoms with Gasteiger partial charge in [0.1, 0.15) is 11.1 Å². The van der Waals surface area contributed by atoms with Crippen LogP contribution in [0.5, 0.6) is 0 Å². The molecule has 0 aliphatic heterocycles. The van der Waals surface area contributed by atoms with Gasteiger partial charge in [-0.3, -0.25) is 14.4 Å². The molecule has 0 spiro atoms. The van der Waals surface area contributed by atoms with Crippen LogP contribution < -0.4 is 16.1 Å². The lowest BCUT2D eigenvalue weighted by Crippen LogP contribution is -2.43. The lowest BCUT2D eigenvalue weighted by molar-refractivity contribution is 0.0917. The Bertz CT molecular complexity index is 999. The number of amides is 2. The standard InChI is InChI=1S/C26H35N3O3/c1-18(19-11-7-5-8-12-19)15-27-24(31)21-16-29(20-13-9-6-10-14-20)17-22(23(21)30)25(32)28-26(2,3)4/h5,7-8,11-12,16-18,20H,6,9-10,13-15H2,1-4H3,(H,27,31)(H,28,32). The third-order valence-electron chi connectivity index (χ3n) is 5.96. The van der Waals surface area contributed by atoms with E-state index in [9.17, 15) is 14.4 Å². The molecule has 1 aromatic heterocycles. The van der Waals surface area contributed by atoms with Crippen LogP contribution in [0.25, 0.3) is 0 Å². The number of nitrogens with one attached hydrogen (secondary N) is 2. The molecule has 1 aliphatic rings. The maximum Gasteiger partial charge on any atom is 0.257 e. The smallest absolute Gasteiger partial charge is 0.257 e. The zero-order chi connectivity index (χ0) is 23.3. The fraction of sp³-hybridized carbons (Fsp3) is 0.500. The predicted octanol–water partition coefficient (Wildman–Crippen LogP) is 4.42. The molecule has 1 unspecified atom stereocenters. The summed E-state index contributed by atoms with van der Waals surface area (Å²) in [5, 5.41) is 5.76. The summed E-state index contributed by atoms with van der Waals surface area (Å²) < 4.78 is 1.91. The Kier molecular flexibility index (Phi) is 7.54. The molecule has 2 N–H and O–H groups in total. The van der Waals surface area contributed by atoms with E-state index in [1.165, 1.54) is 6.42 Å². The number of benzene rings is 1. The van der Waals surface area contributed by atoms with Gasteiger partial charge in [0, 0.05) is 30.5 Å². The molecule has 172 valence electrons. The van der Waals surface area contributed by atoms with E-state index in [-0.39, 0.29) is 23.1 Å². The summed E-state index contributed by atoms with van der Waals surface area (Å²) >= 11 is 0. The van der Waals surface area contributed by atoms with E-state index >= 15 is 0 Å². The van der Waals surface area contributed by atoms with Gasteiger partial charge in [0.05, 0.1) is 0 Å². The van der Waals surface area contributed by atoms with E-state index in [0.29, 0.717) is 6.54 Å². The van der Waals surface area contributed by atoms with Crippen LogP contribution in [-0.2, 0) is 0 Å². The molecule has 1 saturated carbocycles. The van der Waals surface area contributed by atoms with Crippen molar-refractivity contribution in [2.45, 2.75) is 77.3 Å². The zero-order valence-corrected chi connectivity index (χ0v) is 19.6. The van der Waals surface area contributed by atoms with Gasteiger partial charge in [0.25, 0.3) is 11.8 Å². The molecule has 1 aliphatic carbocycles. The average Bonchev–Trinajstić information content (AvgIpc) is 2.77. The van der Waals surface area contributed by atoms with Crippen LogP contribution in [0.3, 0.4) is 0 Å². The monoisotopic (exact) mass is 437 g/mol. The van der Waals surface area contributed by atoms with Crippen molar-refractivity contribution in [2.24, 2.45) is 0 Å². The topological polar surface area (TPSA) is 80.2 Å². The minimum Gasteiger partial charge on any atom is -0.351 e. The lowest BCUT2D eigenvalue weighted by atomic mass is 9.95. The van der Waals surface area contributed by atoms with E-state index in [4.69, 9.17) is 0 Å². The van der Waals surface area contributed by atoms with Crippen LogP contribution in [0.15, 0.2) is 47.5 Å². The highest BCUT2D eigenvalue weighted by Gasteiger charge is 2.25. The van der Waals surface area contributed by atoms with Crippen molar-refractivity contribution in [3.63, 3.8) is 0 Å². The van der Waals surface area contributed by atoms with Crippen molar-refractivity contribution in [1.29, 1.82) is 0 Å². The highest BCUT2D eigenvalue weighted by molar-refractivity contribution is 5.99. The Labute approximate surface area is 190 Å². The maximum atomic E-state index is 13.2. The first-order valence-electron chi connectivity index (χ1n) is 11.6. The summed E-state index contributed by atoms with van der Waals surface area (Å²) in [7, 11) is 0. The quantitative estimate of drug-likeness (QED) is 0.702. The number of hydrogen-bond acceptors (Lipinski definition) is 3. The first-order valence-corrected chi connectivity index (χ1v) is 11.6. The van der Waals surface area contributed by atoms with Crippen molar-refractivity contribution in [1.82, 2.24) is 15.2 Å². The van der Waals surface area contributed by atoms with E-state index in [1.54, 1.807) is 12.4 Å². The van der Waals surface area contributed by atoms with Crippen LogP contribution in [0, 0.1) is 0 Å². The fourth-order valence-electron chi connectivity index (χ4n) is 4.16. The number of carbonyl (C=O) groups is 2. The summed E-state index contributed by atoms with van der Waals surface area (Å²) in [4.78, 5) is 39.1. The van der Waals surface area contributed by atoms with Crippen molar-refractivity contribution in [2.75, 3.05) is 6.54 Å². The van der Waals surface area contributed by atoms with E-state index in [1.807, 2.05) is 62.6 Å². The molecule has 1 heterocycles. The molecule has 6 heteroatoms. The first-order chi connectivity index (χ1) is 15.2. The SMILES string of the molecule is CC(CNC(=O)c1cn(C2CCCCC2)cc(C(=O)NC(C)(C)C)c1=O)c1ccccc1. The Balaban J connectivity index is 1.88. The maximum absolute atomic E-state index is 13.2. The second kappa shape index (κ2) is 10.2. The molecule has 1 atom stereocenters. The summed E-state index contributed by atoms with van der Waals surface area (Å²) in [6.45, 7) is 8.04. The summed E-state index contributed by atoms with van der Waals surface area (Å²) in [5.41, 5.74) is 0.156. The second-order valence-corrected chi connectivity index (χ2v) is 9.88. The summed E-state index contributed by atoms with van der Waals surface area (Å²) in [6, 6.07) is 10.1. The van der Waals surface area contributed by atoms with Crippen LogP contribution >= 0.6 is 0 Å². The van der Waals surface area contributed by atoms with Gasteiger partial charge in [-0.25, -0.2) is 0 Å². The Morgan fingerprint density at radius 2 is 1.59 bits per heavy atom. The van der Waals surface area contributed by atoms with Crippen molar-refractivity contribution < 1.29 is 9.59 Å². The normalized spacial score (nSPS) is 15.8. The summed E-state index contributed by atoms with van der Waals surface area (Å²) in [5.74, 6) is -0.778. The van der Waals surface area contributed by atoms with Gasteiger partial charge in [0.15, 0.2) is 0 Å². The molecule has 2 aromatic rings. The van der Waals surface area contributed by atoms with Crippen molar-refractivity contribution >= 4 is 11.8 Å². The first kappa shape index (κ1) is 23.8. The molecule has 1 aromatic carbocycles. The zero-order valence-electron chi connectivity index (χ0n) is 19.6. The second-order valence-electron chi connectivity index (χ2n) is 9.88. The summed E-state index contributed by atoms with van der Waals surface area (Å²) in [6.07, 6.45) is 8.63. The Morgan fingerprint density at radius 3 is 2.19 bits per heavy atom. The minimum atomic E-state index is -0.524. The van der Waals surface area contributed by atoms with Gasteiger partial charge < -0.3 is 15.2 Å². The van der Waals surface area contributed by atoms with Crippen LogP contribution in [0.4, 0.5) is 0 Å². The number of carbonyl (C=O) groups excluding carboxylic acids is 2. The number of rotatable bonds is 6. The molecule has 32 heavy (non-hydrogen) atoms. The van der Waals surface area contributed by atoms with Crippen molar-refractivity contribution in [3.8, 4) is 0 Å². The predicted molar refractivity (Wildman–Crippen MR) is 127 cm³/mol. The van der Waals surface area contributed by atoms with Crippen LogP contribution in [-0.4, -0.2) is 28.5 Å². The van der Waals surface area contributed by atoms with Gasteiger partial charge in [-0.05, 0) is 45.1 Å². The molecule has 0 bridgehead atoms. The lowest BCUT2D eigenvalue weighted by Gasteiger charge is -2.26. The van der Waals surface area contributed by atoms with Gasteiger partial charge in [-0.1, -0.05) is 56.5 Å². The number of nitrogens with zero attached hydrogens (tertiary/aromatic N) is 1. The van der Waals surface area contributed by atoms with Crippen LogP contribution in [0.2, 0.25) is 0 Å². The molecule has 6 nitrogen and oxygen atoms in total. The molecular weight excluding hydrogens is 402 g/mol. The third kappa shape index (κ3) is 6.09. The molecule has 0 radical (unpaired) electrons. The van der Waals surface area contributed by atoms with E-state index in [0.717, 1.165) is 31.2 Å². The average molecular weight is 438 g/mol. The van der Waals surface area contributed by atoms with E-state index < -0.39 is 22.8 Å². The largest absolute Gasteiger partial charge is 0.351 e. The van der Waals surface area contributed by atoms with Gasteiger partial charge >= 0.3 is 0 Å². The fourth-order valence-corrected chi connectivity index (χ4v) is 4.16. The van der Waals surface area contributed by atoms with E-state index in [2.05, 4.69) is 10.6 Å². The van der Waals surface area contributed by atoms with Crippen molar-refractivity contribution in [3.05, 3.63) is 69.6 Å². The number of pyridine rings is 1. The van der Waals surface area contributed by atoms with Gasteiger partial charge in [-0.15, -0.1) is 0 Å². The molecule has 3 rings (SSSR count). The minimum absolute atomic E-state index is 0.0225. The highest BCUT2D eigenvalue weighted by Crippen LogP contribution is 2.28. The highest BCUT2D eigenvalue weighted by atomic mass is 16.2. The third-order valence-corrected chi connectivity index (χ3v) is 5.96. The Morgan fingerprint density at radius 1 is 1.00 bits per heavy atom. The molecule has 0 saturated heterocycles.